The number of Topliss-reactive ketones (excluding diaryl/α,β-unsaturated/α-hetero) is 1. The first-order chi connectivity index (χ1) is 8.81. The summed E-state index contributed by atoms with van der Waals surface area (Å²) in [4.78, 5) is 12.2. The smallest absolute Gasteiger partial charge is 0.165 e. The predicted octanol–water partition coefficient (Wildman–Crippen LogP) is 3.85. The summed E-state index contributed by atoms with van der Waals surface area (Å²) in [5.74, 6) is 0.768. The van der Waals surface area contributed by atoms with Crippen LogP contribution in [0.25, 0.3) is 0 Å². The van der Waals surface area contributed by atoms with Crippen molar-refractivity contribution in [2.75, 3.05) is 7.11 Å². The van der Waals surface area contributed by atoms with Gasteiger partial charge in [0.15, 0.2) is 5.78 Å². The molecule has 1 aliphatic rings. The van der Waals surface area contributed by atoms with Gasteiger partial charge < -0.3 is 4.74 Å². The average molecular weight is 246 g/mol. The van der Waals surface area contributed by atoms with Crippen molar-refractivity contribution in [2.24, 2.45) is 5.92 Å². The predicted molar refractivity (Wildman–Crippen MR) is 72.8 cm³/mol. The third-order valence-electron chi connectivity index (χ3n) is 3.96. The molecule has 1 aromatic carbocycles. The molecule has 0 radical (unpaired) electrons. The van der Waals surface area contributed by atoms with Gasteiger partial charge in [-0.15, -0.1) is 0 Å². The summed E-state index contributed by atoms with van der Waals surface area (Å²) in [7, 11) is 1.73. The van der Waals surface area contributed by atoms with E-state index in [9.17, 15) is 4.79 Å². The number of carbonyl (C=O) groups excluding carboxylic acids is 1. The third kappa shape index (κ3) is 3.42. The number of hydrogen-bond donors (Lipinski definition) is 0. The topological polar surface area (TPSA) is 26.3 Å². The van der Waals surface area contributed by atoms with Crippen molar-refractivity contribution < 1.29 is 9.53 Å². The van der Waals surface area contributed by atoms with E-state index in [2.05, 4.69) is 0 Å². The minimum Gasteiger partial charge on any atom is -0.381 e. The molecule has 0 aliphatic heterocycles. The second kappa shape index (κ2) is 6.69. The molecule has 0 amide bonds. The lowest BCUT2D eigenvalue weighted by Gasteiger charge is -2.28. The van der Waals surface area contributed by atoms with Gasteiger partial charge in [-0.1, -0.05) is 49.6 Å². The number of hydrogen-bond acceptors (Lipinski definition) is 2. The highest BCUT2D eigenvalue weighted by atomic mass is 16.5. The van der Waals surface area contributed by atoms with Crippen molar-refractivity contribution in [1.29, 1.82) is 0 Å². The zero-order valence-electron chi connectivity index (χ0n) is 11.1. The van der Waals surface area contributed by atoms with Gasteiger partial charge in [0.1, 0.15) is 0 Å². The summed E-state index contributed by atoms with van der Waals surface area (Å²) < 4.78 is 5.56. The number of methoxy groups -OCH3 is 1. The molecule has 98 valence electrons. The van der Waals surface area contributed by atoms with E-state index in [1.807, 2.05) is 30.3 Å². The van der Waals surface area contributed by atoms with E-state index >= 15 is 0 Å². The molecule has 18 heavy (non-hydrogen) atoms. The molecule has 0 aromatic heterocycles. The maximum absolute atomic E-state index is 12.2. The fourth-order valence-electron chi connectivity index (χ4n) is 2.87. The van der Waals surface area contributed by atoms with Crippen LogP contribution in [0.3, 0.4) is 0 Å². The van der Waals surface area contributed by atoms with Gasteiger partial charge in [0, 0.05) is 19.1 Å². The molecule has 2 nitrogen and oxygen atoms in total. The molecule has 2 heteroatoms. The fraction of sp³-hybridized carbons (Fsp3) is 0.562. The lowest BCUT2D eigenvalue weighted by atomic mass is 9.83. The van der Waals surface area contributed by atoms with Gasteiger partial charge in [-0.2, -0.15) is 0 Å². The van der Waals surface area contributed by atoms with Crippen LogP contribution in [-0.2, 0) is 4.74 Å². The Bertz CT molecular complexity index is 366. The van der Waals surface area contributed by atoms with E-state index in [4.69, 9.17) is 4.74 Å². The Labute approximate surface area is 109 Å². The summed E-state index contributed by atoms with van der Waals surface area (Å²) in [6.07, 6.45) is 6.93. The number of ether oxygens (including phenoxy) is 1. The molecule has 0 N–H and O–H groups in total. The van der Waals surface area contributed by atoms with Crippen LogP contribution in [0.1, 0.15) is 48.9 Å². The van der Waals surface area contributed by atoms with E-state index in [1.54, 1.807) is 7.11 Å². The van der Waals surface area contributed by atoms with Crippen LogP contribution in [0.5, 0.6) is 0 Å². The zero-order valence-corrected chi connectivity index (χ0v) is 11.1. The molecule has 1 fully saturated rings. The molecule has 0 bridgehead atoms. The molecule has 0 heterocycles. The Kier molecular flexibility index (Phi) is 4.94. The molecular weight excluding hydrogens is 224 g/mol. The molecule has 1 aromatic rings. The fourth-order valence-corrected chi connectivity index (χ4v) is 2.87. The highest BCUT2D eigenvalue weighted by molar-refractivity contribution is 5.96. The van der Waals surface area contributed by atoms with Crippen LogP contribution in [-0.4, -0.2) is 19.0 Å². The highest BCUT2D eigenvalue weighted by Gasteiger charge is 2.25. The Morgan fingerprint density at radius 3 is 2.50 bits per heavy atom. The molecule has 1 unspecified atom stereocenters. The van der Waals surface area contributed by atoms with E-state index < -0.39 is 0 Å². The van der Waals surface area contributed by atoms with Crippen molar-refractivity contribution in [2.45, 2.75) is 44.6 Å². The summed E-state index contributed by atoms with van der Waals surface area (Å²) in [6, 6.07) is 9.53. The normalized spacial score (nSPS) is 18.5. The van der Waals surface area contributed by atoms with Crippen LogP contribution in [0, 0.1) is 5.92 Å². The molecule has 1 atom stereocenters. The van der Waals surface area contributed by atoms with Crippen molar-refractivity contribution in [1.82, 2.24) is 0 Å². The van der Waals surface area contributed by atoms with Crippen LogP contribution in [0.15, 0.2) is 30.3 Å². The van der Waals surface area contributed by atoms with Gasteiger partial charge in [-0.25, -0.2) is 0 Å². The SMILES string of the molecule is COC(CC(=O)c1ccccc1)C1CCCCC1. The van der Waals surface area contributed by atoms with Crippen LogP contribution in [0.4, 0.5) is 0 Å². The Balaban J connectivity index is 1.95. The first-order valence-electron chi connectivity index (χ1n) is 6.92. The van der Waals surface area contributed by atoms with Crippen molar-refractivity contribution in [3.05, 3.63) is 35.9 Å². The van der Waals surface area contributed by atoms with Crippen LogP contribution in [0.2, 0.25) is 0 Å². The van der Waals surface area contributed by atoms with Gasteiger partial charge in [-0.05, 0) is 18.8 Å². The highest BCUT2D eigenvalue weighted by Crippen LogP contribution is 2.29. The summed E-state index contributed by atoms with van der Waals surface area (Å²) in [6.45, 7) is 0. The van der Waals surface area contributed by atoms with Gasteiger partial charge in [-0.3, -0.25) is 4.79 Å². The monoisotopic (exact) mass is 246 g/mol. The van der Waals surface area contributed by atoms with Crippen molar-refractivity contribution in [3.8, 4) is 0 Å². The summed E-state index contributed by atoms with van der Waals surface area (Å²) >= 11 is 0. The molecule has 0 saturated heterocycles. The Morgan fingerprint density at radius 1 is 1.22 bits per heavy atom. The second-order valence-electron chi connectivity index (χ2n) is 5.17. The average Bonchev–Trinajstić information content (AvgIpc) is 2.46. The largest absolute Gasteiger partial charge is 0.381 e. The lowest BCUT2D eigenvalue weighted by Crippen LogP contribution is -2.27. The molecule has 2 rings (SSSR count). The quantitative estimate of drug-likeness (QED) is 0.737. The van der Waals surface area contributed by atoms with E-state index in [0.29, 0.717) is 12.3 Å². The van der Waals surface area contributed by atoms with Crippen molar-refractivity contribution in [3.63, 3.8) is 0 Å². The maximum Gasteiger partial charge on any atom is 0.165 e. The first kappa shape index (κ1) is 13.3. The van der Waals surface area contributed by atoms with Crippen LogP contribution < -0.4 is 0 Å². The van der Waals surface area contributed by atoms with E-state index in [1.165, 1.54) is 32.1 Å². The first-order valence-corrected chi connectivity index (χ1v) is 6.92. The summed E-state index contributed by atoms with van der Waals surface area (Å²) in [5, 5.41) is 0. The molecule has 0 spiro atoms. The Morgan fingerprint density at radius 2 is 1.89 bits per heavy atom. The number of rotatable bonds is 5. The third-order valence-corrected chi connectivity index (χ3v) is 3.96. The number of carbonyl (C=O) groups is 1. The second-order valence-corrected chi connectivity index (χ2v) is 5.17. The molecule has 1 saturated carbocycles. The number of benzene rings is 1. The summed E-state index contributed by atoms with van der Waals surface area (Å²) in [5.41, 5.74) is 0.801. The molecule has 1 aliphatic carbocycles. The van der Waals surface area contributed by atoms with Crippen LogP contribution >= 0.6 is 0 Å². The number of ketones is 1. The van der Waals surface area contributed by atoms with Crippen molar-refractivity contribution >= 4 is 5.78 Å². The van der Waals surface area contributed by atoms with E-state index in [-0.39, 0.29) is 11.9 Å². The maximum atomic E-state index is 12.2. The van der Waals surface area contributed by atoms with Gasteiger partial charge in [0.05, 0.1) is 6.10 Å². The zero-order chi connectivity index (χ0) is 12.8. The van der Waals surface area contributed by atoms with Gasteiger partial charge in [0.2, 0.25) is 0 Å². The van der Waals surface area contributed by atoms with Gasteiger partial charge >= 0.3 is 0 Å². The minimum absolute atomic E-state index is 0.0954. The van der Waals surface area contributed by atoms with E-state index in [0.717, 1.165) is 5.56 Å². The standard InChI is InChI=1S/C16H22O2/c1-18-16(14-10-6-3-7-11-14)12-15(17)13-8-4-2-5-9-13/h2,4-5,8-9,14,16H,3,6-7,10-12H2,1H3. The van der Waals surface area contributed by atoms with Gasteiger partial charge in [0.25, 0.3) is 0 Å². The minimum atomic E-state index is 0.0954. The lowest BCUT2D eigenvalue weighted by molar-refractivity contribution is 0.0298. The Hall–Kier alpha value is -1.15. The molecular formula is C16H22O2.